The van der Waals surface area contributed by atoms with Crippen LogP contribution in [0.2, 0.25) is 0 Å². The number of pyridine rings is 3. The lowest BCUT2D eigenvalue weighted by molar-refractivity contribution is -0.389. The first-order valence-corrected chi connectivity index (χ1v) is 25.1. The van der Waals surface area contributed by atoms with Gasteiger partial charge in [-0.25, -0.2) is 13.6 Å². The highest BCUT2D eigenvalue weighted by Gasteiger charge is 2.83. The summed E-state index contributed by atoms with van der Waals surface area (Å²) in [7, 11) is 0. The zero-order chi connectivity index (χ0) is 66.5. The molecule has 0 aliphatic carbocycles. The molecule has 3 aromatic heterocycles. The Labute approximate surface area is 498 Å². The van der Waals surface area contributed by atoms with Crippen LogP contribution in [0.4, 0.5) is 102 Å². The number of aromatic nitrogens is 3. The lowest BCUT2D eigenvalue weighted by Crippen LogP contribution is -2.59. The van der Waals surface area contributed by atoms with Crippen LogP contribution in [-0.2, 0) is 17.8 Å². The summed E-state index contributed by atoms with van der Waals surface area (Å²) in [6, 6.07) is 23.6. The number of carbonyl (C=O) groups is 3. The Morgan fingerprint density at radius 3 is 1.22 bits per heavy atom. The molecule has 0 aliphatic rings. The number of Topliss-reactive ketones (excluding diaryl/α,β-unsaturated/α-hetero) is 1. The van der Waals surface area contributed by atoms with E-state index in [1.165, 1.54) is 24.4 Å². The number of halogens is 25. The lowest BCUT2D eigenvalue weighted by Gasteiger charge is -2.36. The highest BCUT2D eigenvalue weighted by molar-refractivity contribution is 9.11. The van der Waals surface area contributed by atoms with Crippen molar-refractivity contribution in [1.82, 2.24) is 15.0 Å². The van der Waals surface area contributed by atoms with Crippen LogP contribution in [0.15, 0.2) is 143 Å². The van der Waals surface area contributed by atoms with Crippen molar-refractivity contribution in [1.29, 1.82) is 0 Å². The van der Waals surface area contributed by atoms with Gasteiger partial charge >= 0.3 is 67.1 Å². The topological polar surface area (TPSA) is 155 Å². The lowest BCUT2D eigenvalue weighted by atomic mass is 9.86. The van der Waals surface area contributed by atoms with Gasteiger partial charge in [0, 0.05) is 77.9 Å². The largest absolute Gasteiger partial charge is 0.478 e. The van der Waals surface area contributed by atoms with Crippen molar-refractivity contribution < 1.29 is 126 Å². The maximum atomic E-state index is 14.9. The fourth-order valence-electron chi connectivity index (χ4n) is 7.52. The van der Waals surface area contributed by atoms with Gasteiger partial charge in [-0.05, 0) is 125 Å². The van der Waals surface area contributed by atoms with E-state index in [4.69, 9.17) is 22.4 Å². The first-order valence-electron chi connectivity index (χ1n) is 23.1. The van der Waals surface area contributed by atoms with Crippen molar-refractivity contribution in [3.05, 3.63) is 176 Å². The van der Waals surface area contributed by atoms with Gasteiger partial charge in [-0.3, -0.25) is 24.5 Å². The summed E-state index contributed by atoms with van der Waals surface area (Å²) in [5.74, 6) is -18.6. The number of nitrogen functional groups attached to an aromatic ring is 1. The zero-order valence-electron chi connectivity index (χ0n) is 42.4. The number of nitrogens with zero attached hydrogens (tertiary/aromatic N) is 3. The molecule has 0 aliphatic heterocycles. The molecule has 8 aromatic rings. The molecule has 10 nitrogen and oxygen atoms in total. The van der Waals surface area contributed by atoms with Crippen molar-refractivity contribution in [3.8, 4) is 11.5 Å². The van der Waals surface area contributed by atoms with Crippen molar-refractivity contribution in [3.63, 3.8) is 0 Å². The van der Waals surface area contributed by atoms with Crippen LogP contribution >= 0.6 is 43.5 Å². The smallest absolute Gasteiger partial charge is 0.457 e. The second-order valence-electron chi connectivity index (χ2n) is 17.4. The SMILES string of the molecule is Nc1c(Br)cc(C(F)(C(F)(F)F)C(F)(F)C(F)(F)F)cc1OC(F)F.O=C(Cc1c(Br)cc(C(F)(C(F)(F)F)C(F)(F)C(F)(F)F)cc1OC(F)F)c1ccc2ncccc2c1.O=C(Cl)c1ccc2ncccc2c1.O=C(O)c1ccc2ncccc2c1. The van der Waals surface area contributed by atoms with Crippen molar-refractivity contribution in [2.45, 2.75) is 67.5 Å². The predicted molar refractivity (Wildman–Crippen MR) is 276 cm³/mol. The normalized spacial score (nSPS) is 13.7. The van der Waals surface area contributed by atoms with Gasteiger partial charge in [0.15, 0.2) is 11.5 Å². The monoisotopic (exact) mass is 1430 g/mol. The number of nitrogens with two attached hydrogens (primary N) is 1. The number of ketones is 1. The number of ether oxygens (including phenoxy) is 2. The molecule has 0 fully saturated rings. The van der Waals surface area contributed by atoms with Crippen LogP contribution in [0.3, 0.4) is 0 Å². The standard InChI is InChI=1S/C22H11BrF11NO2.C11H5BrF11NO.C10H6ClNO.C10H7NO2/c23-14-7-12(19(26,21(29,30)31)20(27,28)22(32,33)34)8-17(37-18(24)25)13(14)9-16(36)11-3-4-15-10(6-11)2-1-5-35-15;12-4-1-3(2-5(6(4)24)25-7(13)14)8(15,10(18,19)20)9(16,17)11(21,22)23;11-10(13)8-3-4-9-7(6-8)2-1-5-12-9;12-10(13)8-3-4-9-7(6-8)2-1-5-11-9/h1-8,18H,9H2;1-2,7H,24H2;1-6H;1-6H,(H,12,13). The number of aromatic carboxylic acids is 1. The summed E-state index contributed by atoms with van der Waals surface area (Å²) >= 11 is 10.3. The molecular formula is C53H29Br2ClF22N4O6. The van der Waals surface area contributed by atoms with Gasteiger partial charge in [-0.15, -0.1) is 0 Å². The Kier molecular flexibility index (Phi) is 21.7. The molecule has 35 heteroatoms. The number of benzene rings is 5. The maximum absolute atomic E-state index is 14.9. The van der Waals surface area contributed by atoms with Gasteiger partial charge in [0.25, 0.3) is 5.24 Å². The molecule has 0 bridgehead atoms. The van der Waals surface area contributed by atoms with Gasteiger partial charge in [-0.1, -0.05) is 34.1 Å². The van der Waals surface area contributed by atoms with Crippen molar-refractivity contribution in [2.24, 2.45) is 0 Å². The highest BCUT2D eigenvalue weighted by atomic mass is 79.9. The van der Waals surface area contributed by atoms with Crippen LogP contribution in [-0.4, -0.2) is 86.8 Å². The van der Waals surface area contributed by atoms with Crippen LogP contribution in [0.25, 0.3) is 32.7 Å². The third-order valence-corrected chi connectivity index (χ3v) is 13.4. The Balaban J connectivity index is 0.000000235. The highest BCUT2D eigenvalue weighted by Crippen LogP contribution is 2.61. The molecule has 0 radical (unpaired) electrons. The number of rotatable bonds is 13. The quantitative estimate of drug-likeness (QED) is 0.0493. The van der Waals surface area contributed by atoms with Gasteiger partial charge in [0.05, 0.1) is 27.8 Å². The van der Waals surface area contributed by atoms with E-state index in [1.54, 1.807) is 67.0 Å². The van der Waals surface area contributed by atoms with E-state index in [-0.39, 0.29) is 23.8 Å². The molecule has 3 N–H and O–H groups in total. The minimum atomic E-state index is -7.03. The van der Waals surface area contributed by atoms with E-state index < -0.39 is 133 Å². The van der Waals surface area contributed by atoms with Gasteiger partial charge in [0.1, 0.15) is 5.75 Å². The summed E-state index contributed by atoms with van der Waals surface area (Å²) in [5.41, 5.74) is -10.9. The number of fused-ring (bicyclic) bond motifs is 3. The van der Waals surface area contributed by atoms with E-state index in [2.05, 4.69) is 56.3 Å². The second-order valence-corrected chi connectivity index (χ2v) is 19.5. The number of hydrogen-bond acceptors (Lipinski definition) is 9. The van der Waals surface area contributed by atoms with Crippen LogP contribution in [0, 0.1) is 0 Å². The number of hydrogen-bond donors (Lipinski definition) is 2. The Bertz CT molecular complexity index is 3770. The van der Waals surface area contributed by atoms with Gasteiger partial charge in [-0.2, -0.15) is 87.8 Å². The van der Waals surface area contributed by atoms with E-state index in [9.17, 15) is 111 Å². The molecule has 0 amide bonds. The van der Waals surface area contributed by atoms with Crippen LogP contribution < -0.4 is 15.2 Å². The average molecular weight is 1430 g/mol. The summed E-state index contributed by atoms with van der Waals surface area (Å²) < 4.78 is 294. The number of carboxylic acid groups (broad SMARTS) is 1. The number of anilines is 1. The molecular weight excluding hydrogens is 1400 g/mol. The molecule has 2 atom stereocenters. The summed E-state index contributed by atoms with van der Waals surface area (Å²) in [5, 5.41) is 10.5. The predicted octanol–water partition coefficient (Wildman–Crippen LogP) is 18.1. The minimum Gasteiger partial charge on any atom is -0.478 e. The van der Waals surface area contributed by atoms with E-state index in [0.29, 0.717) is 22.0 Å². The summed E-state index contributed by atoms with van der Waals surface area (Å²) in [6.07, 6.45) is -23.6. The average Bonchev–Trinajstić information content (AvgIpc) is 0.738. The molecule has 8 rings (SSSR count). The Morgan fingerprint density at radius 2 is 0.841 bits per heavy atom. The van der Waals surface area contributed by atoms with E-state index in [1.807, 2.05) is 18.2 Å². The third kappa shape index (κ3) is 15.4. The van der Waals surface area contributed by atoms with Gasteiger partial charge < -0.3 is 20.3 Å². The number of carbonyl (C=O) groups excluding carboxylic acids is 2. The molecule has 88 heavy (non-hydrogen) atoms. The molecule has 0 spiro atoms. The molecule has 472 valence electrons. The fraction of sp³-hybridized carbons (Fsp3) is 0.208. The summed E-state index contributed by atoms with van der Waals surface area (Å²) in [6.45, 7) is -7.56. The fourth-order valence-corrected chi connectivity index (χ4v) is 8.66. The number of alkyl halides is 22. The van der Waals surface area contributed by atoms with E-state index in [0.717, 1.165) is 21.8 Å². The first-order chi connectivity index (χ1) is 40.4. The first kappa shape index (κ1) is 71.0. The van der Waals surface area contributed by atoms with E-state index >= 15 is 0 Å². The Hall–Kier alpha value is -7.75. The number of carboxylic acids is 1. The summed E-state index contributed by atoms with van der Waals surface area (Å²) in [4.78, 5) is 46.5. The van der Waals surface area contributed by atoms with Crippen molar-refractivity contribution in [2.75, 3.05) is 5.73 Å². The van der Waals surface area contributed by atoms with Crippen LogP contribution in [0.5, 0.6) is 11.5 Å². The maximum Gasteiger partial charge on any atom is 0.457 e. The van der Waals surface area contributed by atoms with Crippen LogP contribution in [0.1, 0.15) is 47.8 Å². The second kappa shape index (κ2) is 26.9. The van der Waals surface area contributed by atoms with Gasteiger partial charge in [0.2, 0.25) is 0 Å². The third-order valence-electron chi connectivity index (χ3n) is 11.8. The molecule has 2 unspecified atom stereocenters. The Morgan fingerprint density at radius 1 is 0.489 bits per heavy atom. The van der Waals surface area contributed by atoms with Crippen molar-refractivity contribution >= 4 is 98.9 Å². The minimum absolute atomic E-state index is 0.0294. The molecule has 0 saturated heterocycles. The molecule has 5 aromatic carbocycles. The zero-order valence-corrected chi connectivity index (χ0v) is 46.3. The molecule has 0 saturated carbocycles. The molecule has 3 heterocycles.